The standard InChI is InChI=1S/C17H29N3/c1-3-19-12-10-17(15-18,11-13-19)20(4-2)14-16-8-6-5-7-9-16/h5-9H,3-4,10-15,18H2,1-2H3. The molecule has 1 heterocycles. The number of nitrogens with zero attached hydrogens (tertiary/aromatic N) is 2. The van der Waals surface area contributed by atoms with Gasteiger partial charge in [-0.1, -0.05) is 44.2 Å². The molecule has 1 aromatic rings. The smallest absolute Gasteiger partial charge is 0.0359 e. The Morgan fingerprint density at radius 2 is 1.80 bits per heavy atom. The number of hydrogen-bond donors (Lipinski definition) is 1. The molecule has 0 radical (unpaired) electrons. The van der Waals surface area contributed by atoms with E-state index >= 15 is 0 Å². The molecule has 3 heteroatoms. The van der Waals surface area contributed by atoms with Crippen LogP contribution in [0.3, 0.4) is 0 Å². The maximum absolute atomic E-state index is 6.20. The lowest BCUT2D eigenvalue weighted by atomic mass is 9.85. The van der Waals surface area contributed by atoms with Gasteiger partial charge in [-0.2, -0.15) is 0 Å². The first-order valence-corrected chi connectivity index (χ1v) is 7.95. The molecule has 0 aromatic heterocycles. The first kappa shape index (κ1) is 15.5. The predicted molar refractivity (Wildman–Crippen MR) is 85.7 cm³/mol. The maximum Gasteiger partial charge on any atom is 0.0359 e. The summed E-state index contributed by atoms with van der Waals surface area (Å²) in [6.45, 7) is 10.9. The van der Waals surface area contributed by atoms with Gasteiger partial charge in [-0.15, -0.1) is 0 Å². The second-order valence-electron chi connectivity index (χ2n) is 5.86. The molecular weight excluding hydrogens is 246 g/mol. The fourth-order valence-corrected chi connectivity index (χ4v) is 3.35. The first-order chi connectivity index (χ1) is 9.74. The van der Waals surface area contributed by atoms with Gasteiger partial charge in [0.05, 0.1) is 0 Å². The Kier molecular flexibility index (Phi) is 5.58. The van der Waals surface area contributed by atoms with Crippen LogP contribution in [0.25, 0.3) is 0 Å². The molecule has 0 amide bonds. The zero-order chi connectivity index (χ0) is 14.4. The molecule has 1 aliphatic rings. The second-order valence-corrected chi connectivity index (χ2v) is 5.86. The number of piperidine rings is 1. The van der Waals surface area contributed by atoms with Crippen LogP contribution in [0.1, 0.15) is 32.3 Å². The summed E-state index contributed by atoms with van der Waals surface area (Å²) in [6, 6.07) is 10.8. The van der Waals surface area contributed by atoms with Crippen LogP contribution in [0.5, 0.6) is 0 Å². The quantitative estimate of drug-likeness (QED) is 0.865. The fraction of sp³-hybridized carbons (Fsp3) is 0.647. The lowest BCUT2D eigenvalue weighted by Crippen LogP contribution is -2.59. The Labute approximate surface area is 123 Å². The molecule has 2 rings (SSSR count). The van der Waals surface area contributed by atoms with E-state index in [2.05, 4.69) is 54.0 Å². The van der Waals surface area contributed by atoms with Gasteiger partial charge < -0.3 is 10.6 Å². The van der Waals surface area contributed by atoms with E-state index in [1.54, 1.807) is 0 Å². The molecule has 1 aliphatic heterocycles. The zero-order valence-corrected chi connectivity index (χ0v) is 13.0. The van der Waals surface area contributed by atoms with Gasteiger partial charge in [0.15, 0.2) is 0 Å². The molecular formula is C17H29N3. The van der Waals surface area contributed by atoms with Crippen LogP contribution in [0.15, 0.2) is 30.3 Å². The molecule has 0 atom stereocenters. The zero-order valence-electron chi connectivity index (χ0n) is 13.0. The van der Waals surface area contributed by atoms with E-state index in [9.17, 15) is 0 Å². The molecule has 0 spiro atoms. The molecule has 0 aliphatic carbocycles. The molecule has 0 bridgehead atoms. The molecule has 3 nitrogen and oxygen atoms in total. The van der Waals surface area contributed by atoms with Gasteiger partial charge >= 0.3 is 0 Å². The largest absolute Gasteiger partial charge is 0.329 e. The average Bonchev–Trinajstić information content (AvgIpc) is 2.53. The van der Waals surface area contributed by atoms with Crippen molar-refractivity contribution in [2.24, 2.45) is 5.73 Å². The highest BCUT2D eigenvalue weighted by Gasteiger charge is 2.37. The molecule has 2 N–H and O–H groups in total. The van der Waals surface area contributed by atoms with E-state index in [0.717, 1.165) is 26.2 Å². The Balaban J connectivity index is 2.08. The number of likely N-dealkylation sites (tertiary alicyclic amines) is 1. The topological polar surface area (TPSA) is 32.5 Å². The van der Waals surface area contributed by atoms with Crippen molar-refractivity contribution in [1.29, 1.82) is 0 Å². The van der Waals surface area contributed by atoms with E-state index in [4.69, 9.17) is 5.73 Å². The summed E-state index contributed by atoms with van der Waals surface area (Å²) in [5, 5.41) is 0. The van der Waals surface area contributed by atoms with Crippen LogP contribution >= 0.6 is 0 Å². The van der Waals surface area contributed by atoms with Gasteiger partial charge in [0.1, 0.15) is 0 Å². The number of rotatable bonds is 6. The van der Waals surface area contributed by atoms with E-state index in [1.807, 2.05) is 0 Å². The Morgan fingerprint density at radius 1 is 1.15 bits per heavy atom. The van der Waals surface area contributed by atoms with Crippen molar-refractivity contribution in [3.8, 4) is 0 Å². The van der Waals surface area contributed by atoms with Crippen LogP contribution < -0.4 is 5.73 Å². The highest BCUT2D eigenvalue weighted by molar-refractivity contribution is 5.15. The minimum Gasteiger partial charge on any atom is -0.329 e. The summed E-state index contributed by atoms with van der Waals surface area (Å²) in [6.07, 6.45) is 2.38. The Morgan fingerprint density at radius 3 is 2.30 bits per heavy atom. The average molecular weight is 275 g/mol. The van der Waals surface area contributed by atoms with E-state index < -0.39 is 0 Å². The Bertz CT molecular complexity index is 382. The van der Waals surface area contributed by atoms with Crippen molar-refractivity contribution >= 4 is 0 Å². The maximum atomic E-state index is 6.20. The SMILES string of the molecule is CCN1CCC(CN)(N(CC)Cc2ccccc2)CC1. The number of nitrogens with two attached hydrogens (primary N) is 1. The molecule has 1 saturated heterocycles. The van der Waals surface area contributed by atoms with Crippen molar-refractivity contribution in [3.63, 3.8) is 0 Å². The number of hydrogen-bond acceptors (Lipinski definition) is 3. The lowest BCUT2D eigenvalue weighted by Gasteiger charge is -2.48. The van der Waals surface area contributed by atoms with Gasteiger partial charge in [0.2, 0.25) is 0 Å². The summed E-state index contributed by atoms with van der Waals surface area (Å²) in [7, 11) is 0. The van der Waals surface area contributed by atoms with Crippen molar-refractivity contribution in [3.05, 3.63) is 35.9 Å². The molecule has 20 heavy (non-hydrogen) atoms. The minimum absolute atomic E-state index is 0.191. The first-order valence-electron chi connectivity index (χ1n) is 7.95. The molecule has 1 aromatic carbocycles. The fourth-order valence-electron chi connectivity index (χ4n) is 3.35. The van der Waals surface area contributed by atoms with Crippen LogP contribution in [0.4, 0.5) is 0 Å². The van der Waals surface area contributed by atoms with Crippen molar-refractivity contribution in [2.45, 2.75) is 38.8 Å². The van der Waals surface area contributed by atoms with Crippen LogP contribution in [0.2, 0.25) is 0 Å². The van der Waals surface area contributed by atoms with Gasteiger partial charge in [-0.25, -0.2) is 0 Å². The summed E-state index contributed by atoms with van der Waals surface area (Å²) >= 11 is 0. The Hall–Kier alpha value is -0.900. The van der Waals surface area contributed by atoms with Crippen molar-refractivity contribution in [2.75, 3.05) is 32.7 Å². The summed E-state index contributed by atoms with van der Waals surface area (Å²) in [5.74, 6) is 0. The van der Waals surface area contributed by atoms with Crippen LogP contribution in [0, 0.1) is 0 Å². The van der Waals surface area contributed by atoms with Gasteiger partial charge in [-0.05, 0) is 44.6 Å². The lowest BCUT2D eigenvalue weighted by molar-refractivity contribution is 0.0259. The normalized spacial score (nSPS) is 19.4. The predicted octanol–water partition coefficient (Wildman–Crippen LogP) is 2.32. The highest BCUT2D eigenvalue weighted by Crippen LogP contribution is 2.29. The molecule has 0 unspecified atom stereocenters. The van der Waals surface area contributed by atoms with Crippen molar-refractivity contribution < 1.29 is 0 Å². The van der Waals surface area contributed by atoms with Crippen LogP contribution in [-0.2, 0) is 6.54 Å². The van der Waals surface area contributed by atoms with Gasteiger partial charge in [0.25, 0.3) is 0 Å². The molecule has 1 fully saturated rings. The van der Waals surface area contributed by atoms with Gasteiger partial charge in [0, 0.05) is 18.6 Å². The number of benzene rings is 1. The van der Waals surface area contributed by atoms with Gasteiger partial charge in [-0.3, -0.25) is 4.90 Å². The van der Waals surface area contributed by atoms with E-state index in [-0.39, 0.29) is 5.54 Å². The third kappa shape index (κ3) is 3.40. The van der Waals surface area contributed by atoms with Crippen LogP contribution in [-0.4, -0.2) is 48.1 Å². The van der Waals surface area contributed by atoms with Crippen molar-refractivity contribution in [1.82, 2.24) is 9.80 Å². The molecule has 112 valence electrons. The minimum atomic E-state index is 0.191. The van der Waals surface area contributed by atoms with E-state index in [0.29, 0.717) is 0 Å². The third-order valence-corrected chi connectivity index (χ3v) is 4.88. The van der Waals surface area contributed by atoms with E-state index in [1.165, 1.54) is 31.5 Å². The summed E-state index contributed by atoms with van der Waals surface area (Å²) in [5.41, 5.74) is 7.77. The summed E-state index contributed by atoms with van der Waals surface area (Å²) < 4.78 is 0. The highest BCUT2D eigenvalue weighted by atomic mass is 15.2. The number of likely N-dealkylation sites (N-methyl/N-ethyl adjacent to an activating group) is 1. The third-order valence-electron chi connectivity index (χ3n) is 4.88. The second kappa shape index (κ2) is 7.21. The monoisotopic (exact) mass is 275 g/mol. The molecule has 0 saturated carbocycles. The summed E-state index contributed by atoms with van der Waals surface area (Å²) in [4.78, 5) is 5.12.